The molecule has 0 aliphatic carbocycles. The van der Waals surface area contributed by atoms with E-state index >= 15 is 0 Å². The maximum absolute atomic E-state index is 12.5. The minimum absolute atomic E-state index is 0.0304. The summed E-state index contributed by atoms with van der Waals surface area (Å²) in [5.41, 5.74) is 3.42. The average molecular weight is 349 g/mol. The Morgan fingerprint density at radius 1 is 1.00 bits per heavy atom. The van der Waals surface area contributed by atoms with Crippen LogP contribution in [0.25, 0.3) is 5.69 Å². The molecule has 0 saturated heterocycles. The molecular formula is C21H19NO4. The van der Waals surface area contributed by atoms with Gasteiger partial charge in [-0.15, -0.1) is 0 Å². The maximum Gasteiger partial charge on any atom is 0.338 e. The zero-order valence-corrected chi connectivity index (χ0v) is 14.6. The number of para-hydroxylation sites is 1. The van der Waals surface area contributed by atoms with Gasteiger partial charge in [-0.2, -0.15) is 0 Å². The number of rotatable bonds is 5. The first-order valence-electron chi connectivity index (χ1n) is 8.21. The largest absolute Gasteiger partial charge is 0.508 e. The number of aromatic nitrogens is 1. The predicted molar refractivity (Wildman–Crippen MR) is 98.0 cm³/mol. The molecule has 0 saturated carbocycles. The Balaban J connectivity index is 1.76. The van der Waals surface area contributed by atoms with Crippen molar-refractivity contribution in [1.82, 2.24) is 4.57 Å². The lowest BCUT2D eigenvalue weighted by Gasteiger charge is -2.09. The molecule has 0 spiro atoms. The molecule has 0 aliphatic rings. The number of Topliss-reactive ketones (excluding diaryl/α,β-unsaturated/α-hetero) is 1. The molecule has 0 fully saturated rings. The second-order valence-electron chi connectivity index (χ2n) is 6.01. The summed E-state index contributed by atoms with van der Waals surface area (Å²) in [6.07, 6.45) is 0. The van der Waals surface area contributed by atoms with E-state index in [0.29, 0.717) is 5.56 Å². The Bertz CT molecular complexity index is 957. The van der Waals surface area contributed by atoms with Gasteiger partial charge in [-0.3, -0.25) is 4.79 Å². The van der Waals surface area contributed by atoms with E-state index < -0.39 is 5.97 Å². The predicted octanol–water partition coefficient (Wildman–Crippen LogP) is 3.84. The number of aromatic hydroxyl groups is 1. The molecule has 132 valence electrons. The first-order valence-corrected chi connectivity index (χ1v) is 8.21. The zero-order chi connectivity index (χ0) is 18.7. The molecule has 0 radical (unpaired) electrons. The molecule has 26 heavy (non-hydrogen) atoms. The van der Waals surface area contributed by atoms with Crippen molar-refractivity contribution in [3.63, 3.8) is 0 Å². The van der Waals surface area contributed by atoms with E-state index in [0.717, 1.165) is 17.1 Å². The second-order valence-corrected chi connectivity index (χ2v) is 6.01. The lowest BCUT2D eigenvalue weighted by atomic mass is 10.1. The molecule has 3 rings (SSSR count). The number of hydrogen-bond donors (Lipinski definition) is 1. The van der Waals surface area contributed by atoms with Crippen molar-refractivity contribution < 1.29 is 19.4 Å². The molecule has 0 unspecified atom stereocenters. The van der Waals surface area contributed by atoms with E-state index in [4.69, 9.17) is 4.74 Å². The number of benzene rings is 2. The quantitative estimate of drug-likeness (QED) is 0.561. The third kappa shape index (κ3) is 3.52. The number of ether oxygens (including phenoxy) is 1. The number of carbonyl (C=O) groups is 2. The van der Waals surface area contributed by atoms with E-state index in [1.807, 2.05) is 48.7 Å². The van der Waals surface area contributed by atoms with Crippen LogP contribution in [0.15, 0.2) is 60.7 Å². The summed E-state index contributed by atoms with van der Waals surface area (Å²) in [6.45, 7) is 3.44. The van der Waals surface area contributed by atoms with Crippen molar-refractivity contribution in [2.75, 3.05) is 6.61 Å². The van der Waals surface area contributed by atoms with Crippen LogP contribution in [0.1, 0.15) is 32.1 Å². The minimum Gasteiger partial charge on any atom is -0.508 e. The van der Waals surface area contributed by atoms with Gasteiger partial charge in [0.1, 0.15) is 5.75 Å². The van der Waals surface area contributed by atoms with Crippen LogP contribution in [0.5, 0.6) is 5.75 Å². The van der Waals surface area contributed by atoms with Crippen LogP contribution in [0, 0.1) is 13.8 Å². The van der Waals surface area contributed by atoms with Crippen molar-refractivity contribution in [3.8, 4) is 11.4 Å². The molecule has 3 aromatic rings. The Morgan fingerprint density at radius 2 is 1.73 bits per heavy atom. The summed E-state index contributed by atoms with van der Waals surface area (Å²) in [6, 6.07) is 17.4. The highest BCUT2D eigenvalue weighted by molar-refractivity contribution is 6.00. The molecule has 5 nitrogen and oxygen atoms in total. The van der Waals surface area contributed by atoms with E-state index in [-0.39, 0.29) is 23.7 Å². The summed E-state index contributed by atoms with van der Waals surface area (Å²) in [7, 11) is 0. The van der Waals surface area contributed by atoms with Gasteiger partial charge in [-0.05, 0) is 50.2 Å². The lowest BCUT2D eigenvalue weighted by molar-refractivity contribution is 0.0474. The van der Waals surface area contributed by atoms with Crippen LogP contribution in [-0.2, 0) is 4.74 Å². The Kier molecular flexibility index (Phi) is 4.89. The van der Waals surface area contributed by atoms with Crippen molar-refractivity contribution >= 4 is 11.8 Å². The maximum atomic E-state index is 12.5. The van der Waals surface area contributed by atoms with Gasteiger partial charge in [0, 0.05) is 22.6 Å². The summed E-state index contributed by atoms with van der Waals surface area (Å²) in [5.74, 6) is -0.947. The summed E-state index contributed by atoms with van der Waals surface area (Å²) < 4.78 is 7.09. The molecule has 1 heterocycles. The molecule has 5 heteroatoms. The number of phenols is 1. The second kappa shape index (κ2) is 7.27. The van der Waals surface area contributed by atoms with E-state index in [9.17, 15) is 14.7 Å². The highest BCUT2D eigenvalue weighted by Crippen LogP contribution is 2.21. The molecular weight excluding hydrogens is 330 g/mol. The number of phenolic OH excluding ortho intramolecular Hbond substituents is 1. The Hall–Kier alpha value is -3.34. The van der Waals surface area contributed by atoms with Crippen molar-refractivity contribution in [3.05, 3.63) is 83.2 Å². The fourth-order valence-corrected chi connectivity index (χ4v) is 2.94. The normalized spacial score (nSPS) is 10.5. The first kappa shape index (κ1) is 17.5. The SMILES string of the molecule is Cc1cc(C(=O)COC(=O)c2cccc(O)c2)c(C)n1-c1ccccc1. The van der Waals surface area contributed by atoms with Crippen LogP contribution < -0.4 is 0 Å². The summed E-state index contributed by atoms with van der Waals surface area (Å²) >= 11 is 0. The monoisotopic (exact) mass is 349 g/mol. The van der Waals surface area contributed by atoms with Gasteiger partial charge in [-0.25, -0.2) is 4.79 Å². The number of ketones is 1. The fraction of sp³-hybridized carbons (Fsp3) is 0.143. The van der Waals surface area contributed by atoms with Crippen LogP contribution in [0.3, 0.4) is 0 Å². The van der Waals surface area contributed by atoms with E-state index in [1.54, 1.807) is 12.1 Å². The first-order chi connectivity index (χ1) is 12.5. The number of hydrogen-bond acceptors (Lipinski definition) is 4. The number of esters is 1. The van der Waals surface area contributed by atoms with Gasteiger partial charge in [0.25, 0.3) is 0 Å². The lowest BCUT2D eigenvalue weighted by Crippen LogP contribution is -2.15. The van der Waals surface area contributed by atoms with Crippen LogP contribution >= 0.6 is 0 Å². The zero-order valence-electron chi connectivity index (χ0n) is 14.6. The molecule has 0 atom stereocenters. The third-order valence-corrected chi connectivity index (χ3v) is 4.16. The van der Waals surface area contributed by atoms with Crippen molar-refractivity contribution in [1.29, 1.82) is 0 Å². The van der Waals surface area contributed by atoms with Gasteiger partial charge < -0.3 is 14.4 Å². The Labute approximate surface area is 151 Å². The standard InChI is InChI=1S/C21H19NO4/c1-14-11-19(15(2)22(14)17-8-4-3-5-9-17)20(24)13-26-21(25)16-7-6-10-18(23)12-16/h3-12,23H,13H2,1-2H3. The van der Waals surface area contributed by atoms with Gasteiger partial charge >= 0.3 is 5.97 Å². The topological polar surface area (TPSA) is 68.5 Å². The third-order valence-electron chi connectivity index (χ3n) is 4.16. The highest BCUT2D eigenvalue weighted by Gasteiger charge is 2.18. The molecule has 0 amide bonds. The van der Waals surface area contributed by atoms with Gasteiger partial charge in [-0.1, -0.05) is 24.3 Å². The molecule has 0 aliphatic heterocycles. The van der Waals surface area contributed by atoms with Crippen molar-refractivity contribution in [2.24, 2.45) is 0 Å². The van der Waals surface area contributed by atoms with Crippen LogP contribution in [0.4, 0.5) is 0 Å². The van der Waals surface area contributed by atoms with Gasteiger partial charge in [0.15, 0.2) is 6.61 Å². The number of nitrogens with zero attached hydrogens (tertiary/aromatic N) is 1. The summed E-state index contributed by atoms with van der Waals surface area (Å²) in [4.78, 5) is 24.5. The van der Waals surface area contributed by atoms with Crippen molar-refractivity contribution in [2.45, 2.75) is 13.8 Å². The van der Waals surface area contributed by atoms with Gasteiger partial charge in [0.2, 0.25) is 5.78 Å². The van der Waals surface area contributed by atoms with Crippen LogP contribution in [-0.4, -0.2) is 28.0 Å². The average Bonchev–Trinajstić information content (AvgIpc) is 2.94. The van der Waals surface area contributed by atoms with E-state index in [1.165, 1.54) is 18.2 Å². The van der Waals surface area contributed by atoms with Crippen LogP contribution in [0.2, 0.25) is 0 Å². The number of carbonyl (C=O) groups excluding carboxylic acids is 2. The molecule has 2 aromatic carbocycles. The fourth-order valence-electron chi connectivity index (χ4n) is 2.94. The van der Waals surface area contributed by atoms with Gasteiger partial charge in [0.05, 0.1) is 5.56 Å². The summed E-state index contributed by atoms with van der Waals surface area (Å²) in [5, 5.41) is 9.42. The minimum atomic E-state index is -0.647. The smallest absolute Gasteiger partial charge is 0.338 e. The highest BCUT2D eigenvalue weighted by atomic mass is 16.5. The molecule has 1 N–H and O–H groups in total. The Morgan fingerprint density at radius 3 is 2.42 bits per heavy atom. The molecule has 0 bridgehead atoms. The number of aryl methyl sites for hydroxylation is 1. The molecule has 1 aromatic heterocycles. The van der Waals surface area contributed by atoms with E-state index in [2.05, 4.69) is 0 Å².